The van der Waals surface area contributed by atoms with Crippen molar-refractivity contribution in [2.24, 2.45) is 0 Å². The summed E-state index contributed by atoms with van der Waals surface area (Å²) in [6, 6.07) is 6.00. The first-order chi connectivity index (χ1) is 8.15. The van der Waals surface area contributed by atoms with E-state index >= 15 is 0 Å². The molecule has 17 heavy (non-hydrogen) atoms. The number of nitrogens with one attached hydrogen (secondary N) is 1. The van der Waals surface area contributed by atoms with E-state index in [1.807, 2.05) is 18.3 Å². The molecule has 3 nitrogen and oxygen atoms in total. The Bertz CT molecular complexity index is 510. The largest absolute Gasteiger partial charge is 0.398 e. The van der Waals surface area contributed by atoms with Gasteiger partial charge < -0.3 is 11.1 Å². The summed E-state index contributed by atoms with van der Waals surface area (Å²) in [6.45, 7) is 3.67. The molecule has 0 fully saturated rings. The van der Waals surface area contributed by atoms with Gasteiger partial charge in [0.15, 0.2) is 0 Å². The average Bonchev–Trinajstić information content (AvgIpc) is 2.70. The molecule has 5 heteroatoms. The summed E-state index contributed by atoms with van der Waals surface area (Å²) in [5.74, 6) is 0. The molecule has 1 aromatic heterocycles. The zero-order chi connectivity index (χ0) is 12.3. The summed E-state index contributed by atoms with van der Waals surface area (Å²) in [6.07, 6.45) is 1.90. The molecule has 0 amide bonds. The van der Waals surface area contributed by atoms with E-state index in [0.717, 1.165) is 28.3 Å². The van der Waals surface area contributed by atoms with Gasteiger partial charge in [0, 0.05) is 34.3 Å². The molecule has 0 aliphatic rings. The predicted molar refractivity (Wildman–Crippen MR) is 75.9 cm³/mol. The van der Waals surface area contributed by atoms with Gasteiger partial charge in [0.2, 0.25) is 0 Å². The van der Waals surface area contributed by atoms with Crippen LogP contribution >= 0.6 is 27.3 Å². The topological polar surface area (TPSA) is 50.9 Å². The Morgan fingerprint density at radius 3 is 2.88 bits per heavy atom. The van der Waals surface area contributed by atoms with Gasteiger partial charge >= 0.3 is 0 Å². The lowest BCUT2D eigenvalue weighted by Gasteiger charge is -2.05. The van der Waals surface area contributed by atoms with Crippen LogP contribution in [0.1, 0.15) is 15.4 Å². The first-order valence-corrected chi connectivity index (χ1v) is 6.92. The summed E-state index contributed by atoms with van der Waals surface area (Å²) in [7, 11) is 0. The van der Waals surface area contributed by atoms with Gasteiger partial charge in [-0.25, -0.2) is 4.98 Å². The minimum atomic E-state index is 0.773. The van der Waals surface area contributed by atoms with Crippen molar-refractivity contribution < 1.29 is 0 Å². The van der Waals surface area contributed by atoms with Gasteiger partial charge in [0.25, 0.3) is 0 Å². The van der Waals surface area contributed by atoms with Crippen molar-refractivity contribution in [3.05, 3.63) is 44.3 Å². The third-order valence-electron chi connectivity index (χ3n) is 2.33. The Morgan fingerprint density at radius 1 is 1.41 bits per heavy atom. The molecule has 0 radical (unpaired) electrons. The van der Waals surface area contributed by atoms with E-state index in [0.29, 0.717) is 0 Å². The molecule has 2 aromatic rings. The minimum absolute atomic E-state index is 0.773. The number of hydrogen-bond donors (Lipinski definition) is 2. The number of nitrogen functional groups attached to an aromatic ring is 1. The van der Waals surface area contributed by atoms with Gasteiger partial charge in [-0.05, 0) is 40.5 Å². The van der Waals surface area contributed by atoms with E-state index in [9.17, 15) is 0 Å². The number of nitrogens with two attached hydrogens (primary N) is 1. The molecular weight excluding hydrogens is 298 g/mol. The first-order valence-electron chi connectivity index (χ1n) is 5.31. The Kier molecular flexibility index (Phi) is 4.15. The smallest absolute Gasteiger partial charge is 0.107 e. The van der Waals surface area contributed by atoms with Crippen LogP contribution in [-0.4, -0.2) is 4.98 Å². The van der Waals surface area contributed by atoms with E-state index in [4.69, 9.17) is 5.73 Å². The molecule has 0 aliphatic carbocycles. The van der Waals surface area contributed by atoms with Gasteiger partial charge in [0.05, 0.1) is 0 Å². The maximum Gasteiger partial charge on any atom is 0.107 e. The first kappa shape index (κ1) is 12.5. The second-order valence-electron chi connectivity index (χ2n) is 3.82. The third kappa shape index (κ3) is 3.52. The van der Waals surface area contributed by atoms with Gasteiger partial charge in [-0.3, -0.25) is 0 Å². The highest BCUT2D eigenvalue weighted by Crippen LogP contribution is 2.20. The van der Waals surface area contributed by atoms with E-state index in [2.05, 4.69) is 39.2 Å². The summed E-state index contributed by atoms with van der Waals surface area (Å²) >= 11 is 5.11. The lowest BCUT2D eigenvalue weighted by molar-refractivity contribution is 0.690. The van der Waals surface area contributed by atoms with Crippen LogP contribution in [0.15, 0.2) is 28.9 Å². The molecule has 0 bridgehead atoms. The summed E-state index contributed by atoms with van der Waals surface area (Å²) < 4.78 is 0.941. The molecule has 2 rings (SSSR count). The molecule has 0 aliphatic heterocycles. The molecule has 1 heterocycles. The number of thiazole rings is 1. The molecule has 1 aromatic carbocycles. The fourth-order valence-electron chi connectivity index (χ4n) is 1.50. The Hall–Kier alpha value is -0.910. The highest BCUT2D eigenvalue weighted by molar-refractivity contribution is 9.10. The Balaban J connectivity index is 1.87. The van der Waals surface area contributed by atoms with E-state index in [-0.39, 0.29) is 0 Å². The van der Waals surface area contributed by atoms with Crippen LogP contribution in [0.25, 0.3) is 0 Å². The molecule has 0 saturated carbocycles. The van der Waals surface area contributed by atoms with Crippen LogP contribution in [0, 0.1) is 6.92 Å². The van der Waals surface area contributed by atoms with Crippen LogP contribution in [0.3, 0.4) is 0 Å². The fourth-order valence-corrected chi connectivity index (χ4v) is 2.50. The molecule has 0 saturated heterocycles. The summed E-state index contributed by atoms with van der Waals surface area (Å²) in [4.78, 5) is 5.55. The van der Waals surface area contributed by atoms with Crippen LogP contribution in [0.4, 0.5) is 5.69 Å². The zero-order valence-electron chi connectivity index (χ0n) is 9.53. The molecule has 0 atom stereocenters. The second kappa shape index (κ2) is 5.62. The minimum Gasteiger partial charge on any atom is -0.398 e. The lowest BCUT2D eigenvalue weighted by atomic mass is 10.2. The second-order valence-corrected chi connectivity index (χ2v) is 6.00. The number of aryl methyl sites for hydroxylation is 1. The molecule has 0 unspecified atom stereocenters. The average molecular weight is 312 g/mol. The number of nitrogens with zero attached hydrogens (tertiary/aromatic N) is 1. The molecule has 0 spiro atoms. The van der Waals surface area contributed by atoms with Crippen LogP contribution in [0.5, 0.6) is 0 Å². The third-order valence-corrected chi connectivity index (χ3v) is 3.97. The van der Waals surface area contributed by atoms with Crippen LogP contribution in [-0.2, 0) is 13.1 Å². The standard InChI is InChI=1S/C12H14BrN3S/c1-8-5-16-12(17-8)7-15-6-9-2-3-10(13)11(14)4-9/h2-5,15H,6-7,14H2,1H3. The van der Waals surface area contributed by atoms with Gasteiger partial charge in [-0.15, -0.1) is 11.3 Å². The highest BCUT2D eigenvalue weighted by atomic mass is 79.9. The molecular formula is C12H14BrN3S. The van der Waals surface area contributed by atoms with E-state index in [1.54, 1.807) is 11.3 Å². The van der Waals surface area contributed by atoms with Crippen molar-refractivity contribution in [3.63, 3.8) is 0 Å². The van der Waals surface area contributed by atoms with Gasteiger partial charge in [-0.1, -0.05) is 6.07 Å². The lowest BCUT2D eigenvalue weighted by Crippen LogP contribution is -2.12. The normalized spacial score (nSPS) is 10.7. The number of hydrogen-bond acceptors (Lipinski definition) is 4. The molecule has 90 valence electrons. The van der Waals surface area contributed by atoms with Crippen molar-refractivity contribution in [2.45, 2.75) is 20.0 Å². The quantitative estimate of drug-likeness (QED) is 0.853. The number of aromatic nitrogens is 1. The van der Waals surface area contributed by atoms with Crippen LogP contribution in [0.2, 0.25) is 0 Å². The van der Waals surface area contributed by atoms with Crippen molar-refractivity contribution in [1.82, 2.24) is 10.3 Å². The Labute approximate surface area is 113 Å². The maximum absolute atomic E-state index is 5.82. The van der Waals surface area contributed by atoms with Gasteiger partial charge in [-0.2, -0.15) is 0 Å². The van der Waals surface area contributed by atoms with Crippen LogP contribution < -0.4 is 11.1 Å². The van der Waals surface area contributed by atoms with Crippen molar-refractivity contribution >= 4 is 33.0 Å². The monoisotopic (exact) mass is 311 g/mol. The van der Waals surface area contributed by atoms with Crippen molar-refractivity contribution in [3.8, 4) is 0 Å². The van der Waals surface area contributed by atoms with E-state index < -0.39 is 0 Å². The number of benzene rings is 1. The zero-order valence-corrected chi connectivity index (χ0v) is 11.9. The fraction of sp³-hybridized carbons (Fsp3) is 0.250. The SMILES string of the molecule is Cc1cnc(CNCc2ccc(Br)c(N)c2)s1. The highest BCUT2D eigenvalue weighted by Gasteiger charge is 2.00. The predicted octanol–water partition coefficient (Wildman–Crippen LogP) is 3.09. The van der Waals surface area contributed by atoms with Crippen molar-refractivity contribution in [1.29, 1.82) is 0 Å². The number of anilines is 1. The maximum atomic E-state index is 5.82. The number of rotatable bonds is 4. The van der Waals surface area contributed by atoms with Crippen molar-refractivity contribution in [2.75, 3.05) is 5.73 Å². The Morgan fingerprint density at radius 2 is 2.24 bits per heavy atom. The van der Waals surface area contributed by atoms with Gasteiger partial charge in [0.1, 0.15) is 5.01 Å². The summed E-state index contributed by atoms with van der Waals surface area (Å²) in [5.41, 5.74) is 7.77. The van der Waals surface area contributed by atoms with E-state index in [1.165, 1.54) is 10.4 Å². The number of halogens is 1. The molecule has 3 N–H and O–H groups in total. The summed E-state index contributed by atoms with van der Waals surface area (Å²) in [5, 5.41) is 4.47.